The Bertz CT molecular complexity index is 1280. The van der Waals surface area contributed by atoms with Crippen molar-refractivity contribution >= 4 is 34.1 Å². The number of nitrogen functional groups attached to an aromatic ring is 1. The highest BCUT2D eigenvalue weighted by Gasteiger charge is 2.15. The minimum atomic E-state index is -0.457. The summed E-state index contributed by atoms with van der Waals surface area (Å²) < 4.78 is 23.8. The molecule has 0 radical (unpaired) electrons. The normalized spacial score (nSPS) is 11.0. The van der Waals surface area contributed by atoms with Gasteiger partial charge in [-0.05, 0) is 39.3 Å². The van der Waals surface area contributed by atoms with E-state index in [0.29, 0.717) is 36.0 Å². The predicted molar refractivity (Wildman–Crippen MR) is 122 cm³/mol. The van der Waals surface area contributed by atoms with Crippen LogP contribution < -0.4 is 21.1 Å². The highest BCUT2D eigenvalue weighted by Crippen LogP contribution is 2.29. The molecule has 33 heavy (non-hydrogen) atoms. The molecule has 0 fully saturated rings. The van der Waals surface area contributed by atoms with Gasteiger partial charge in [-0.2, -0.15) is 0 Å². The van der Waals surface area contributed by atoms with E-state index >= 15 is 0 Å². The van der Waals surface area contributed by atoms with Crippen LogP contribution in [-0.2, 0) is 13.2 Å². The van der Waals surface area contributed by atoms with Crippen molar-refractivity contribution in [3.05, 3.63) is 82.3 Å². The van der Waals surface area contributed by atoms with Crippen LogP contribution in [0.5, 0.6) is 5.75 Å². The summed E-state index contributed by atoms with van der Waals surface area (Å²) in [7, 11) is 0. The van der Waals surface area contributed by atoms with E-state index < -0.39 is 11.7 Å². The molecule has 0 bridgehead atoms. The van der Waals surface area contributed by atoms with Crippen LogP contribution in [0.15, 0.2) is 59.2 Å². The molecule has 3 aromatic carbocycles. The summed E-state index contributed by atoms with van der Waals surface area (Å²) in [5.41, 5.74) is 7.13. The van der Waals surface area contributed by atoms with Crippen molar-refractivity contribution in [3.8, 4) is 5.75 Å². The van der Waals surface area contributed by atoms with Gasteiger partial charge in [0.15, 0.2) is 0 Å². The number of benzene rings is 3. The van der Waals surface area contributed by atoms with Gasteiger partial charge in [-0.25, -0.2) is 9.02 Å². The van der Waals surface area contributed by atoms with Crippen LogP contribution in [-0.4, -0.2) is 29.3 Å². The second-order valence-electron chi connectivity index (χ2n) is 7.22. The van der Waals surface area contributed by atoms with E-state index in [1.165, 1.54) is 12.1 Å². The predicted octanol–water partition coefficient (Wildman–Crippen LogP) is 3.70. The van der Waals surface area contributed by atoms with Gasteiger partial charge in [0.1, 0.15) is 18.2 Å². The zero-order chi connectivity index (χ0) is 23.2. The summed E-state index contributed by atoms with van der Waals surface area (Å²) in [5, 5.41) is 15.3. The van der Waals surface area contributed by atoms with Crippen molar-refractivity contribution in [2.45, 2.75) is 13.2 Å². The lowest BCUT2D eigenvalue weighted by Gasteiger charge is -2.16. The molecule has 0 aliphatic carbocycles. The highest BCUT2D eigenvalue weighted by molar-refractivity contribution is 6.31. The fourth-order valence-electron chi connectivity index (χ4n) is 3.34. The molecular formula is C23H21ClFN5O3. The van der Waals surface area contributed by atoms with Crippen molar-refractivity contribution in [2.75, 3.05) is 18.8 Å². The molecule has 0 saturated carbocycles. The van der Waals surface area contributed by atoms with E-state index in [4.69, 9.17) is 22.1 Å². The Balaban J connectivity index is 1.41. The lowest BCUT2D eigenvalue weighted by atomic mass is 10.0. The largest absolute Gasteiger partial charge is 0.488 e. The molecule has 4 rings (SSSR count). The first-order chi connectivity index (χ1) is 16.0. The van der Waals surface area contributed by atoms with Gasteiger partial charge in [0.05, 0.1) is 5.02 Å². The van der Waals surface area contributed by atoms with Gasteiger partial charge in [0.2, 0.25) is 11.5 Å². The van der Waals surface area contributed by atoms with E-state index in [9.17, 15) is 9.18 Å². The second-order valence-corrected chi connectivity index (χ2v) is 7.63. The molecular weight excluding hydrogens is 449 g/mol. The zero-order valence-electron chi connectivity index (χ0n) is 17.5. The Morgan fingerprint density at radius 1 is 1.12 bits per heavy atom. The number of hydrogen-bond acceptors (Lipinski definition) is 7. The van der Waals surface area contributed by atoms with Gasteiger partial charge >= 0.3 is 0 Å². The van der Waals surface area contributed by atoms with Crippen LogP contribution in [0, 0.1) is 5.82 Å². The third kappa shape index (κ3) is 5.39. The molecule has 4 N–H and O–H groups in total. The quantitative estimate of drug-likeness (QED) is 0.320. The van der Waals surface area contributed by atoms with E-state index in [1.807, 2.05) is 36.4 Å². The van der Waals surface area contributed by atoms with Crippen LogP contribution in [0.25, 0.3) is 10.8 Å². The summed E-state index contributed by atoms with van der Waals surface area (Å²) in [6, 6.07) is 16.1. The maximum atomic E-state index is 13.3. The average molecular weight is 470 g/mol. The lowest BCUT2D eigenvalue weighted by Crippen LogP contribution is -2.32. The summed E-state index contributed by atoms with van der Waals surface area (Å²) >= 11 is 6.13. The fraction of sp³-hybridized carbons (Fsp3) is 0.174. The van der Waals surface area contributed by atoms with E-state index in [0.717, 1.165) is 16.3 Å². The molecule has 8 nitrogen and oxygen atoms in total. The zero-order valence-corrected chi connectivity index (χ0v) is 18.2. The first-order valence-electron chi connectivity index (χ1n) is 10.2. The number of carbonyl (C=O) groups excluding carboxylic acids is 1. The molecule has 0 unspecified atom stereocenters. The number of halogens is 2. The number of fused-ring (bicyclic) bond motifs is 1. The van der Waals surface area contributed by atoms with Crippen LogP contribution >= 0.6 is 11.6 Å². The van der Waals surface area contributed by atoms with Crippen LogP contribution in [0.4, 0.5) is 10.2 Å². The minimum Gasteiger partial charge on any atom is -0.488 e. The number of hydrogen-bond donors (Lipinski definition) is 3. The molecule has 0 aliphatic heterocycles. The Morgan fingerprint density at radius 2 is 1.97 bits per heavy atom. The molecule has 170 valence electrons. The number of nitrogens with zero attached hydrogens (tertiary/aromatic N) is 2. The standard InChI is InChI=1S/C23H21ClFN5O3/c24-19-11-16(25)7-5-15(19)13-32-20-8-6-14-3-1-2-4-17(14)18(20)12-27-9-10-28-23(31)21-22(26)30-33-29-21/h1-8,11,27H,9-10,12-13H2,(H2,26,30)(H,28,31). The van der Waals surface area contributed by atoms with Gasteiger partial charge < -0.3 is 21.1 Å². The van der Waals surface area contributed by atoms with Crippen molar-refractivity contribution in [2.24, 2.45) is 0 Å². The summed E-state index contributed by atoms with van der Waals surface area (Å²) in [5.74, 6) is -0.221. The Labute approximate surface area is 193 Å². The van der Waals surface area contributed by atoms with Crippen molar-refractivity contribution < 1.29 is 18.6 Å². The average Bonchev–Trinajstić information content (AvgIpc) is 3.24. The number of aromatic nitrogens is 2. The van der Waals surface area contributed by atoms with E-state index in [-0.39, 0.29) is 18.1 Å². The number of amides is 1. The number of anilines is 1. The highest BCUT2D eigenvalue weighted by atomic mass is 35.5. The van der Waals surface area contributed by atoms with Crippen LogP contribution in [0.3, 0.4) is 0 Å². The third-order valence-corrected chi connectivity index (χ3v) is 5.37. The summed E-state index contributed by atoms with van der Waals surface area (Å²) in [6.45, 7) is 1.53. The molecule has 0 aliphatic rings. The third-order valence-electron chi connectivity index (χ3n) is 5.01. The summed E-state index contributed by atoms with van der Waals surface area (Å²) in [6.07, 6.45) is 0. The van der Waals surface area contributed by atoms with Gasteiger partial charge in [-0.1, -0.05) is 48.0 Å². The Hall–Kier alpha value is -3.69. The number of rotatable bonds is 9. The maximum Gasteiger partial charge on any atom is 0.277 e. The van der Waals surface area contributed by atoms with E-state index in [1.54, 1.807) is 6.07 Å². The lowest BCUT2D eigenvalue weighted by molar-refractivity contribution is 0.0944. The number of nitrogens with one attached hydrogen (secondary N) is 2. The first-order valence-corrected chi connectivity index (χ1v) is 10.5. The SMILES string of the molecule is Nc1nonc1C(=O)NCCNCc1c(OCc2ccc(F)cc2Cl)ccc2ccccc12. The van der Waals surface area contributed by atoms with Crippen LogP contribution in [0.1, 0.15) is 21.6 Å². The molecule has 0 atom stereocenters. The number of carbonyl (C=O) groups is 1. The number of nitrogens with two attached hydrogens (primary N) is 1. The molecule has 0 saturated heterocycles. The van der Waals surface area contributed by atoms with Crippen molar-refractivity contribution in [1.29, 1.82) is 0 Å². The first kappa shape index (κ1) is 22.5. The smallest absolute Gasteiger partial charge is 0.277 e. The number of ether oxygens (including phenoxy) is 1. The van der Waals surface area contributed by atoms with E-state index in [2.05, 4.69) is 25.6 Å². The van der Waals surface area contributed by atoms with Gasteiger partial charge in [0, 0.05) is 30.8 Å². The summed E-state index contributed by atoms with van der Waals surface area (Å²) in [4.78, 5) is 12.0. The monoisotopic (exact) mass is 469 g/mol. The van der Waals surface area contributed by atoms with Crippen molar-refractivity contribution in [1.82, 2.24) is 20.9 Å². The van der Waals surface area contributed by atoms with Gasteiger partial charge in [-0.3, -0.25) is 4.79 Å². The van der Waals surface area contributed by atoms with Gasteiger partial charge in [0.25, 0.3) is 5.91 Å². The minimum absolute atomic E-state index is 0.0424. The molecule has 0 spiro atoms. The molecule has 1 amide bonds. The molecule has 1 heterocycles. The second kappa shape index (κ2) is 10.3. The molecule has 10 heteroatoms. The molecule has 4 aromatic rings. The fourth-order valence-corrected chi connectivity index (χ4v) is 3.56. The Morgan fingerprint density at radius 3 is 2.76 bits per heavy atom. The van der Waals surface area contributed by atoms with Crippen LogP contribution in [0.2, 0.25) is 5.02 Å². The molecule has 1 aromatic heterocycles. The Kier molecular flexibility index (Phi) is 7.01. The van der Waals surface area contributed by atoms with Crippen molar-refractivity contribution in [3.63, 3.8) is 0 Å². The topological polar surface area (TPSA) is 115 Å². The maximum absolute atomic E-state index is 13.3. The van der Waals surface area contributed by atoms with Gasteiger partial charge in [-0.15, -0.1) is 0 Å².